The van der Waals surface area contributed by atoms with E-state index in [-0.39, 0.29) is 11.6 Å². The number of aryl methyl sites for hydroxylation is 1. The van der Waals surface area contributed by atoms with Crippen LogP contribution in [0.5, 0.6) is 0 Å². The maximum atomic E-state index is 12.3. The number of hydrazone groups is 1. The van der Waals surface area contributed by atoms with Crippen LogP contribution in [0.3, 0.4) is 0 Å². The van der Waals surface area contributed by atoms with Crippen LogP contribution in [0.15, 0.2) is 41.5 Å². The molecule has 1 heterocycles. The molecule has 2 aromatic rings. The number of hydrogen-bond donors (Lipinski definition) is 1. The number of carbonyl (C=O) groups is 1. The summed E-state index contributed by atoms with van der Waals surface area (Å²) in [7, 11) is 0. The molecule has 1 amide bonds. The molecule has 1 aromatic carbocycles. The van der Waals surface area contributed by atoms with E-state index >= 15 is 0 Å². The van der Waals surface area contributed by atoms with Crippen molar-refractivity contribution in [3.8, 4) is 0 Å². The minimum absolute atomic E-state index is 0.0285. The fourth-order valence-corrected chi connectivity index (χ4v) is 4.29. The molecule has 0 aliphatic heterocycles. The Morgan fingerprint density at radius 2 is 2.26 bits per heavy atom. The van der Waals surface area contributed by atoms with Gasteiger partial charge in [0, 0.05) is 17.2 Å². The van der Waals surface area contributed by atoms with Gasteiger partial charge in [0.1, 0.15) is 0 Å². The number of nitro benzene ring substituents is 1. The number of rotatable bonds is 6. The lowest BCUT2D eigenvalue weighted by Gasteiger charge is -2.19. The van der Waals surface area contributed by atoms with E-state index in [2.05, 4.69) is 17.5 Å². The molecule has 0 bridgehead atoms. The fourth-order valence-electron chi connectivity index (χ4n) is 3.19. The molecule has 0 radical (unpaired) electrons. The SMILES string of the molecule is CC[C@@H]1CCc2sc(C(=O)N/N=C\C=C\c3ccccc3[N+](=O)[O-])cc2C1. The van der Waals surface area contributed by atoms with Gasteiger partial charge in [0.2, 0.25) is 0 Å². The Bertz CT molecular complexity index is 902. The highest BCUT2D eigenvalue weighted by molar-refractivity contribution is 7.14. The lowest BCUT2D eigenvalue weighted by atomic mass is 9.87. The predicted molar refractivity (Wildman–Crippen MR) is 108 cm³/mol. The Labute approximate surface area is 161 Å². The van der Waals surface area contributed by atoms with Crippen LogP contribution in [0.2, 0.25) is 0 Å². The van der Waals surface area contributed by atoms with Gasteiger partial charge < -0.3 is 0 Å². The molecule has 0 unspecified atom stereocenters. The van der Waals surface area contributed by atoms with Gasteiger partial charge in [0.05, 0.1) is 15.4 Å². The second-order valence-corrected chi connectivity index (χ2v) is 7.61. The number of carbonyl (C=O) groups excluding carboxylic acids is 1. The van der Waals surface area contributed by atoms with Crippen LogP contribution in [0, 0.1) is 16.0 Å². The summed E-state index contributed by atoms with van der Waals surface area (Å²) < 4.78 is 0. The number of nitro groups is 1. The summed E-state index contributed by atoms with van der Waals surface area (Å²) in [6, 6.07) is 8.43. The summed E-state index contributed by atoms with van der Waals surface area (Å²) in [5.41, 5.74) is 4.32. The largest absolute Gasteiger partial charge is 0.281 e. The number of para-hydroxylation sites is 1. The molecule has 1 N–H and O–H groups in total. The van der Waals surface area contributed by atoms with Crippen LogP contribution in [0.1, 0.15) is 45.4 Å². The van der Waals surface area contributed by atoms with Crippen LogP contribution in [-0.4, -0.2) is 17.0 Å². The zero-order valence-electron chi connectivity index (χ0n) is 15.1. The van der Waals surface area contributed by atoms with E-state index in [4.69, 9.17) is 0 Å². The van der Waals surface area contributed by atoms with E-state index in [9.17, 15) is 14.9 Å². The third kappa shape index (κ3) is 4.68. The Morgan fingerprint density at radius 3 is 3.04 bits per heavy atom. The molecular weight excluding hydrogens is 362 g/mol. The number of hydrogen-bond acceptors (Lipinski definition) is 5. The Balaban J connectivity index is 1.58. The topological polar surface area (TPSA) is 84.6 Å². The van der Waals surface area contributed by atoms with Gasteiger partial charge in [-0.1, -0.05) is 25.5 Å². The molecule has 1 atom stereocenters. The average Bonchev–Trinajstić information content (AvgIpc) is 3.11. The third-order valence-electron chi connectivity index (χ3n) is 4.72. The van der Waals surface area contributed by atoms with Crippen molar-refractivity contribution in [2.75, 3.05) is 0 Å². The number of benzene rings is 1. The maximum Gasteiger partial charge on any atom is 0.281 e. The first-order valence-corrected chi connectivity index (χ1v) is 9.75. The molecule has 1 aliphatic carbocycles. The first-order valence-electron chi connectivity index (χ1n) is 8.93. The minimum atomic E-state index is -0.430. The molecule has 1 aliphatic rings. The second kappa shape index (κ2) is 8.73. The Hall–Kier alpha value is -2.80. The zero-order chi connectivity index (χ0) is 19.2. The van der Waals surface area contributed by atoms with Gasteiger partial charge in [-0.3, -0.25) is 14.9 Å². The smallest absolute Gasteiger partial charge is 0.266 e. The van der Waals surface area contributed by atoms with E-state index in [1.807, 2.05) is 6.07 Å². The van der Waals surface area contributed by atoms with Crippen molar-refractivity contribution in [1.29, 1.82) is 0 Å². The van der Waals surface area contributed by atoms with Gasteiger partial charge in [-0.15, -0.1) is 11.3 Å². The van der Waals surface area contributed by atoms with Gasteiger partial charge >= 0.3 is 0 Å². The number of nitrogens with zero attached hydrogens (tertiary/aromatic N) is 2. The van der Waals surface area contributed by atoms with Gasteiger partial charge in [-0.2, -0.15) is 5.10 Å². The first kappa shape index (κ1) is 19.0. The predicted octanol–water partition coefficient (Wildman–Crippen LogP) is 4.60. The van der Waals surface area contributed by atoms with Crippen LogP contribution < -0.4 is 5.43 Å². The summed E-state index contributed by atoms with van der Waals surface area (Å²) in [4.78, 5) is 24.8. The van der Waals surface area contributed by atoms with Crippen molar-refractivity contribution in [3.05, 3.63) is 67.4 Å². The van der Waals surface area contributed by atoms with E-state index in [1.165, 1.54) is 35.6 Å². The van der Waals surface area contributed by atoms with Crippen molar-refractivity contribution in [3.63, 3.8) is 0 Å². The third-order valence-corrected chi connectivity index (χ3v) is 5.96. The van der Waals surface area contributed by atoms with E-state index in [1.54, 1.807) is 41.7 Å². The Morgan fingerprint density at radius 1 is 1.44 bits per heavy atom. The summed E-state index contributed by atoms with van der Waals surface area (Å²) in [6.45, 7) is 2.21. The molecule has 7 heteroatoms. The monoisotopic (exact) mass is 383 g/mol. The lowest BCUT2D eigenvalue weighted by Crippen LogP contribution is -2.15. The van der Waals surface area contributed by atoms with Crippen LogP contribution >= 0.6 is 11.3 Å². The van der Waals surface area contributed by atoms with Crippen molar-refractivity contribution in [1.82, 2.24) is 5.43 Å². The number of nitrogens with one attached hydrogen (secondary N) is 1. The van der Waals surface area contributed by atoms with Gasteiger partial charge in [0.15, 0.2) is 0 Å². The molecular formula is C20H21N3O3S. The van der Waals surface area contributed by atoms with Crippen LogP contribution in [0.4, 0.5) is 5.69 Å². The second-order valence-electron chi connectivity index (χ2n) is 6.47. The molecule has 0 fully saturated rings. The molecule has 1 aromatic heterocycles. The standard InChI is InChI=1S/C20H21N3O3S/c1-2-14-9-10-18-16(12-14)13-19(27-18)20(24)22-21-11-5-7-15-6-3-4-8-17(15)23(25)26/h3-8,11,13-14H,2,9-10,12H2,1H3,(H,22,24)/b7-5+,21-11-/t14-/m1/s1. The van der Waals surface area contributed by atoms with Crippen molar-refractivity contribution >= 4 is 35.2 Å². The van der Waals surface area contributed by atoms with Crippen molar-refractivity contribution in [2.24, 2.45) is 11.0 Å². The quantitative estimate of drug-likeness (QED) is 0.449. The summed E-state index contributed by atoms with van der Waals surface area (Å²) in [6.07, 6.45) is 9.03. The van der Waals surface area contributed by atoms with Gasteiger partial charge in [-0.05, 0) is 55.0 Å². The van der Waals surface area contributed by atoms with E-state index in [0.29, 0.717) is 16.4 Å². The van der Waals surface area contributed by atoms with E-state index < -0.39 is 4.92 Å². The molecule has 0 saturated heterocycles. The molecule has 0 saturated carbocycles. The molecule has 3 rings (SSSR count). The number of fused-ring (bicyclic) bond motifs is 1. The number of amides is 1. The highest BCUT2D eigenvalue weighted by Crippen LogP contribution is 2.33. The van der Waals surface area contributed by atoms with Crippen molar-refractivity contribution in [2.45, 2.75) is 32.6 Å². The van der Waals surface area contributed by atoms with Gasteiger partial charge in [-0.25, -0.2) is 5.43 Å². The average molecular weight is 383 g/mol. The molecule has 140 valence electrons. The lowest BCUT2D eigenvalue weighted by molar-refractivity contribution is -0.385. The number of thiophene rings is 1. The van der Waals surface area contributed by atoms with E-state index in [0.717, 1.165) is 12.8 Å². The molecule has 0 spiro atoms. The highest BCUT2D eigenvalue weighted by atomic mass is 32.1. The number of allylic oxidation sites excluding steroid dienone is 1. The fraction of sp³-hybridized carbons (Fsp3) is 0.300. The maximum absolute atomic E-state index is 12.3. The summed E-state index contributed by atoms with van der Waals surface area (Å²) in [5.74, 6) is 0.492. The van der Waals surface area contributed by atoms with Crippen LogP contribution in [0.25, 0.3) is 6.08 Å². The van der Waals surface area contributed by atoms with Crippen molar-refractivity contribution < 1.29 is 9.72 Å². The zero-order valence-corrected chi connectivity index (χ0v) is 15.9. The molecule has 6 nitrogen and oxygen atoms in total. The van der Waals surface area contributed by atoms with Gasteiger partial charge in [0.25, 0.3) is 11.6 Å². The first-order chi connectivity index (χ1) is 13.1. The van der Waals surface area contributed by atoms with Crippen LogP contribution in [-0.2, 0) is 12.8 Å². The summed E-state index contributed by atoms with van der Waals surface area (Å²) in [5, 5.41) is 14.9. The molecule has 27 heavy (non-hydrogen) atoms. The normalized spacial score (nSPS) is 16.6. The highest BCUT2D eigenvalue weighted by Gasteiger charge is 2.21. The Kier molecular flexibility index (Phi) is 6.13. The minimum Gasteiger partial charge on any atom is -0.266 e. The summed E-state index contributed by atoms with van der Waals surface area (Å²) >= 11 is 1.54.